The van der Waals surface area contributed by atoms with E-state index >= 15 is 0 Å². The Balaban J connectivity index is 1.79. The van der Waals surface area contributed by atoms with Gasteiger partial charge in [-0.2, -0.15) is 0 Å². The van der Waals surface area contributed by atoms with E-state index in [1.807, 2.05) is 37.3 Å². The maximum absolute atomic E-state index is 13.3. The maximum atomic E-state index is 13.3. The molecule has 3 rings (SSSR count). The van der Waals surface area contributed by atoms with Crippen molar-refractivity contribution in [3.63, 3.8) is 0 Å². The Hall–Kier alpha value is -1.88. The van der Waals surface area contributed by atoms with Gasteiger partial charge in [0.05, 0.1) is 6.04 Å². The fourth-order valence-electron chi connectivity index (χ4n) is 2.77. The van der Waals surface area contributed by atoms with Gasteiger partial charge in [-0.05, 0) is 48.9 Å². The van der Waals surface area contributed by atoms with Crippen LogP contribution in [0.3, 0.4) is 0 Å². The van der Waals surface area contributed by atoms with Gasteiger partial charge >= 0.3 is 6.03 Å². The van der Waals surface area contributed by atoms with Crippen molar-refractivity contribution in [3.8, 4) is 0 Å². The second-order valence-corrected chi connectivity index (χ2v) is 6.40. The molecule has 1 atom stereocenters. The first-order chi connectivity index (χ1) is 10.5. The number of rotatable bonds is 3. The third-order valence-corrected chi connectivity index (χ3v) is 4.30. The van der Waals surface area contributed by atoms with Gasteiger partial charge < -0.3 is 4.90 Å². The summed E-state index contributed by atoms with van der Waals surface area (Å²) in [6.45, 7) is 3.07. The average molecular weight is 363 g/mol. The van der Waals surface area contributed by atoms with Crippen LogP contribution in [-0.4, -0.2) is 23.5 Å². The molecule has 1 aliphatic rings. The highest BCUT2D eigenvalue weighted by Gasteiger charge is 2.35. The predicted octanol–water partition coefficient (Wildman–Crippen LogP) is 4.42. The van der Waals surface area contributed by atoms with Crippen molar-refractivity contribution in [2.45, 2.75) is 19.5 Å². The molecular formula is C17H16BrFN2O. The van der Waals surface area contributed by atoms with Crippen molar-refractivity contribution in [1.29, 1.82) is 0 Å². The molecular weight excluding hydrogens is 347 g/mol. The van der Waals surface area contributed by atoms with E-state index in [2.05, 4.69) is 15.9 Å². The summed E-state index contributed by atoms with van der Waals surface area (Å²) in [6, 6.07) is 14.1. The molecule has 3 nitrogen and oxygen atoms in total. The molecule has 0 saturated carbocycles. The zero-order valence-electron chi connectivity index (χ0n) is 12.2. The zero-order valence-corrected chi connectivity index (χ0v) is 13.8. The zero-order chi connectivity index (χ0) is 15.7. The van der Waals surface area contributed by atoms with E-state index in [0.29, 0.717) is 13.1 Å². The first-order valence-electron chi connectivity index (χ1n) is 7.13. The van der Waals surface area contributed by atoms with E-state index in [0.717, 1.165) is 15.7 Å². The number of carbonyl (C=O) groups excluding carboxylic acids is 1. The molecule has 0 bridgehead atoms. The Bertz CT molecular complexity index is 689. The van der Waals surface area contributed by atoms with Gasteiger partial charge in [-0.25, -0.2) is 9.18 Å². The van der Waals surface area contributed by atoms with Crippen LogP contribution in [0, 0.1) is 5.82 Å². The van der Waals surface area contributed by atoms with Gasteiger partial charge in [0.1, 0.15) is 5.82 Å². The number of carbonyl (C=O) groups is 1. The van der Waals surface area contributed by atoms with Gasteiger partial charge in [0.15, 0.2) is 0 Å². The van der Waals surface area contributed by atoms with Crippen LogP contribution in [0.5, 0.6) is 0 Å². The Labute approximate surface area is 137 Å². The van der Waals surface area contributed by atoms with Crippen molar-refractivity contribution in [3.05, 3.63) is 64.4 Å². The molecule has 5 heteroatoms. The largest absolute Gasteiger partial charge is 0.325 e. The maximum Gasteiger partial charge on any atom is 0.325 e. The van der Waals surface area contributed by atoms with Crippen LogP contribution in [0.15, 0.2) is 53.0 Å². The summed E-state index contributed by atoms with van der Waals surface area (Å²) < 4.78 is 14.3. The third-order valence-electron chi connectivity index (χ3n) is 3.77. The lowest BCUT2D eigenvalue weighted by Crippen LogP contribution is -2.33. The standard InChI is InChI=1S/C17H16BrFN2O/c1-12-10-20(11-13-3-2-4-15(19)9-13)17(22)21(12)16-7-5-14(18)6-8-16/h2-9,12H,10-11H2,1H3. The molecule has 1 saturated heterocycles. The highest BCUT2D eigenvalue weighted by Crippen LogP contribution is 2.27. The first-order valence-corrected chi connectivity index (χ1v) is 7.92. The summed E-state index contributed by atoms with van der Waals surface area (Å²) in [6.07, 6.45) is 0. The first kappa shape index (κ1) is 15.0. The molecule has 114 valence electrons. The smallest absolute Gasteiger partial charge is 0.318 e. The predicted molar refractivity (Wildman–Crippen MR) is 88.3 cm³/mol. The van der Waals surface area contributed by atoms with Crippen molar-refractivity contribution in [2.24, 2.45) is 0 Å². The highest BCUT2D eigenvalue weighted by molar-refractivity contribution is 9.10. The molecule has 0 radical (unpaired) electrons. The van der Waals surface area contributed by atoms with Crippen LogP contribution in [-0.2, 0) is 6.54 Å². The van der Waals surface area contributed by atoms with Gasteiger partial charge in [-0.1, -0.05) is 28.1 Å². The number of amides is 2. The van der Waals surface area contributed by atoms with Crippen molar-refractivity contribution < 1.29 is 9.18 Å². The Kier molecular flexibility index (Phi) is 4.16. The molecule has 0 aliphatic carbocycles. The fourth-order valence-corrected chi connectivity index (χ4v) is 3.04. The van der Waals surface area contributed by atoms with Crippen LogP contribution in [0.25, 0.3) is 0 Å². The molecule has 1 unspecified atom stereocenters. The van der Waals surface area contributed by atoms with Gasteiger partial charge in [-0.15, -0.1) is 0 Å². The van der Waals surface area contributed by atoms with Gasteiger partial charge in [0, 0.05) is 23.2 Å². The second kappa shape index (κ2) is 6.08. The number of anilines is 1. The highest BCUT2D eigenvalue weighted by atomic mass is 79.9. The molecule has 0 N–H and O–H groups in total. The molecule has 1 fully saturated rings. The molecule has 2 aromatic rings. The number of nitrogens with zero attached hydrogens (tertiary/aromatic N) is 2. The summed E-state index contributed by atoms with van der Waals surface area (Å²) in [5.41, 5.74) is 1.68. The number of hydrogen-bond acceptors (Lipinski definition) is 1. The number of hydrogen-bond donors (Lipinski definition) is 0. The lowest BCUT2D eigenvalue weighted by molar-refractivity contribution is 0.218. The van der Waals surface area contributed by atoms with Crippen LogP contribution in [0.4, 0.5) is 14.9 Å². The van der Waals surface area contributed by atoms with Crippen LogP contribution < -0.4 is 4.90 Å². The topological polar surface area (TPSA) is 23.6 Å². The molecule has 1 aliphatic heterocycles. The minimum atomic E-state index is -0.276. The molecule has 2 aromatic carbocycles. The SMILES string of the molecule is CC1CN(Cc2cccc(F)c2)C(=O)N1c1ccc(Br)cc1. The molecule has 1 heterocycles. The van der Waals surface area contributed by atoms with E-state index in [4.69, 9.17) is 0 Å². The monoisotopic (exact) mass is 362 g/mol. The van der Waals surface area contributed by atoms with E-state index in [9.17, 15) is 9.18 Å². The van der Waals surface area contributed by atoms with E-state index in [1.54, 1.807) is 15.9 Å². The summed E-state index contributed by atoms with van der Waals surface area (Å²) in [5, 5.41) is 0. The lowest BCUT2D eigenvalue weighted by atomic mass is 10.2. The summed E-state index contributed by atoms with van der Waals surface area (Å²) in [7, 11) is 0. The van der Waals surface area contributed by atoms with Gasteiger partial charge in [-0.3, -0.25) is 4.90 Å². The summed E-state index contributed by atoms with van der Waals surface area (Å²) in [5.74, 6) is -0.276. The Morgan fingerprint density at radius 2 is 1.95 bits per heavy atom. The molecule has 0 aromatic heterocycles. The minimum Gasteiger partial charge on any atom is -0.318 e. The Morgan fingerprint density at radius 1 is 1.23 bits per heavy atom. The summed E-state index contributed by atoms with van der Waals surface area (Å²) in [4.78, 5) is 16.2. The normalized spacial score (nSPS) is 18.1. The van der Waals surface area contributed by atoms with E-state index in [1.165, 1.54) is 12.1 Å². The molecule has 0 spiro atoms. The summed E-state index contributed by atoms with van der Waals surface area (Å²) >= 11 is 3.40. The van der Waals surface area contributed by atoms with Crippen LogP contribution >= 0.6 is 15.9 Å². The lowest BCUT2D eigenvalue weighted by Gasteiger charge is -2.21. The fraction of sp³-hybridized carbons (Fsp3) is 0.235. The molecule has 22 heavy (non-hydrogen) atoms. The van der Waals surface area contributed by atoms with E-state index < -0.39 is 0 Å². The van der Waals surface area contributed by atoms with Gasteiger partial charge in [0.2, 0.25) is 0 Å². The van der Waals surface area contributed by atoms with E-state index in [-0.39, 0.29) is 17.9 Å². The number of urea groups is 1. The van der Waals surface area contributed by atoms with Crippen molar-refractivity contribution in [2.75, 3.05) is 11.4 Å². The average Bonchev–Trinajstić information content (AvgIpc) is 2.75. The second-order valence-electron chi connectivity index (χ2n) is 5.49. The number of benzene rings is 2. The van der Waals surface area contributed by atoms with Crippen molar-refractivity contribution in [1.82, 2.24) is 4.90 Å². The van der Waals surface area contributed by atoms with Crippen LogP contribution in [0.2, 0.25) is 0 Å². The molecule has 2 amide bonds. The Morgan fingerprint density at radius 3 is 2.64 bits per heavy atom. The van der Waals surface area contributed by atoms with Gasteiger partial charge in [0.25, 0.3) is 0 Å². The van der Waals surface area contributed by atoms with Crippen LogP contribution in [0.1, 0.15) is 12.5 Å². The number of halogens is 2. The minimum absolute atomic E-state index is 0.0425. The third kappa shape index (κ3) is 2.99. The quantitative estimate of drug-likeness (QED) is 0.792. The van der Waals surface area contributed by atoms with Crippen molar-refractivity contribution >= 4 is 27.6 Å².